The van der Waals surface area contributed by atoms with Crippen LogP contribution in [0.2, 0.25) is 0 Å². The highest BCUT2D eigenvalue weighted by molar-refractivity contribution is 5.07. The Kier molecular flexibility index (Phi) is 2.92. The van der Waals surface area contributed by atoms with Gasteiger partial charge in [-0.15, -0.1) is 0 Å². The van der Waals surface area contributed by atoms with Gasteiger partial charge in [-0.25, -0.2) is 8.78 Å². The monoisotopic (exact) mass is 193 g/mol. The number of alkyl halides is 2. The van der Waals surface area contributed by atoms with E-state index < -0.39 is 17.6 Å². The van der Waals surface area contributed by atoms with Gasteiger partial charge in [-0.2, -0.15) is 0 Å². The molecule has 0 radical (unpaired) electrons. The summed E-state index contributed by atoms with van der Waals surface area (Å²) in [5.74, 6) is 0. The minimum Gasteiger partial charge on any atom is -0.373 e. The number of halogens is 2. The molecule has 78 valence electrons. The van der Waals surface area contributed by atoms with Crippen molar-refractivity contribution in [3.8, 4) is 0 Å². The van der Waals surface area contributed by atoms with Gasteiger partial charge in [-0.05, 0) is 26.8 Å². The van der Waals surface area contributed by atoms with Crippen LogP contribution >= 0.6 is 0 Å². The molecule has 1 saturated heterocycles. The predicted octanol–water partition coefficient (Wildman–Crippen LogP) is 1.80. The summed E-state index contributed by atoms with van der Waals surface area (Å²) in [5, 5.41) is 2.87. The summed E-state index contributed by atoms with van der Waals surface area (Å²) in [6.45, 7) is 6.21. The molecular formula is C9H17F2NO. The Bertz CT molecular complexity index is 184. The third kappa shape index (κ3) is 1.57. The average Bonchev–Trinajstić information content (AvgIpc) is 2.28. The van der Waals surface area contributed by atoms with Gasteiger partial charge >= 0.3 is 0 Å². The number of rotatable bonds is 3. The molecule has 1 atom stereocenters. The molecule has 0 spiro atoms. The molecule has 0 saturated carbocycles. The maximum Gasteiger partial charge on any atom is 0.259 e. The van der Waals surface area contributed by atoms with Crippen molar-refractivity contribution < 1.29 is 13.5 Å². The Morgan fingerprint density at radius 2 is 2.08 bits per heavy atom. The molecule has 1 aliphatic heterocycles. The van der Waals surface area contributed by atoms with Crippen LogP contribution in [0.25, 0.3) is 0 Å². The van der Waals surface area contributed by atoms with Crippen LogP contribution in [0.1, 0.15) is 27.2 Å². The first kappa shape index (κ1) is 10.9. The summed E-state index contributed by atoms with van der Waals surface area (Å²) in [4.78, 5) is 0. The van der Waals surface area contributed by atoms with E-state index in [2.05, 4.69) is 5.32 Å². The highest BCUT2D eigenvalue weighted by Gasteiger charge is 2.56. The standard InChI is InChI=1S/C9H17F2NO/c1-4-12-9(7(10)11)5-6-13-8(9,2)3/h7,12H,4-6H2,1-3H3. The lowest BCUT2D eigenvalue weighted by atomic mass is 9.82. The van der Waals surface area contributed by atoms with Crippen LogP contribution in [0.15, 0.2) is 0 Å². The highest BCUT2D eigenvalue weighted by Crippen LogP contribution is 2.39. The smallest absolute Gasteiger partial charge is 0.259 e. The highest BCUT2D eigenvalue weighted by atomic mass is 19.3. The van der Waals surface area contributed by atoms with E-state index in [-0.39, 0.29) is 0 Å². The van der Waals surface area contributed by atoms with Gasteiger partial charge in [0.15, 0.2) is 0 Å². The van der Waals surface area contributed by atoms with Gasteiger partial charge in [0.1, 0.15) is 5.54 Å². The Morgan fingerprint density at radius 1 is 1.46 bits per heavy atom. The molecule has 0 amide bonds. The van der Waals surface area contributed by atoms with Gasteiger partial charge in [-0.3, -0.25) is 0 Å². The summed E-state index contributed by atoms with van der Waals surface area (Å²) in [5.41, 5.74) is -1.95. The largest absolute Gasteiger partial charge is 0.373 e. The minimum absolute atomic E-state index is 0.380. The van der Waals surface area contributed by atoms with E-state index in [9.17, 15) is 8.78 Å². The molecule has 1 aliphatic rings. The summed E-state index contributed by atoms with van der Waals surface area (Å²) in [6.07, 6.45) is -2.00. The number of nitrogens with one attached hydrogen (secondary N) is 1. The zero-order valence-electron chi connectivity index (χ0n) is 8.36. The molecule has 0 aliphatic carbocycles. The zero-order valence-corrected chi connectivity index (χ0v) is 8.36. The van der Waals surface area contributed by atoms with Crippen LogP contribution in [0.5, 0.6) is 0 Å². The van der Waals surface area contributed by atoms with Crippen molar-refractivity contribution in [1.82, 2.24) is 5.32 Å². The lowest BCUT2D eigenvalue weighted by molar-refractivity contribution is -0.0748. The quantitative estimate of drug-likeness (QED) is 0.738. The van der Waals surface area contributed by atoms with Crippen molar-refractivity contribution in [2.75, 3.05) is 13.2 Å². The Balaban J connectivity index is 2.89. The molecule has 1 heterocycles. The van der Waals surface area contributed by atoms with Crippen LogP contribution in [0.3, 0.4) is 0 Å². The van der Waals surface area contributed by atoms with E-state index in [4.69, 9.17) is 4.74 Å². The fourth-order valence-electron chi connectivity index (χ4n) is 1.96. The fourth-order valence-corrected chi connectivity index (χ4v) is 1.96. The van der Waals surface area contributed by atoms with Gasteiger partial charge in [0.25, 0.3) is 6.43 Å². The molecule has 1 rings (SSSR count). The Labute approximate surface area is 77.6 Å². The zero-order chi connectivity index (χ0) is 10.1. The van der Waals surface area contributed by atoms with Crippen molar-refractivity contribution in [1.29, 1.82) is 0 Å². The molecule has 1 N–H and O–H groups in total. The van der Waals surface area contributed by atoms with E-state index in [1.165, 1.54) is 0 Å². The second-order valence-electron chi connectivity index (χ2n) is 3.91. The Morgan fingerprint density at radius 3 is 2.38 bits per heavy atom. The van der Waals surface area contributed by atoms with Crippen LogP contribution in [-0.2, 0) is 4.74 Å². The van der Waals surface area contributed by atoms with Crippen LogP contribution in [0.4, 0.5) is 8.78 Å². The lowest BCUT2D eigenvalue weighted by Crippen LogP contribution is -2.62. The molecule has 0 aromatic heterocycles. The van der Waals surface area contributed by atoms with Crippen LogP contribution in [-0.4, -0.2) is 30.7 Å². The van der Waals surface area contributed by atoms with Gasteiger partial charge in [0.05, 0.1) is 5.60 Å². The molecule has 4 heteroatoms. The fraction of sp³-hybridized carbons (Fsp3) is 1.00. The van der Waals surface area contributed by atoms with Gasteiger partial charge in [-0.1, -0.05) is 6.92 Å². The molecule has 2 nitrogen and oxygen atoms in total. The normalized spacial score (nSPS) is 32.8. The molecule has 1 fully saturated rings. The molecule has 13 heavy (non-hydrogen) atoms. The van der Waals surface area contributed by atoms with Crippen molar-refractivity contribution in [2.45, 2.75) is 44.8 Å². The third-order valence-corrected chi connectivity index (χ3v) is 2.90. The van der Waals surface area contributed by atoms with Gasteiger partial charge < -0.3 is 10.1 Å². The first-order chi connectivity index (χ1) is 5.96. The molecule has 1 unspecified atom stereocenters. The summed E-state index contributed by atoms with van der Waals surface area (Å²) < 4.78 is 31.2. The van der Waals surface area contributed by atoms with E-state index in [0.29, 0.717) is 19.6 Å². The van der Waals surface area contributed by atoms with E-state index in [1.54, 1.807) is 13.8 Å². The summed E-state index contributed by atoms with van der Waals surface area (Å²) >= 11 is 0. The van der Waals surface area contributed by atoms with E-state index >= 15 is 0 Å². The lowest BCUT2D eigenvalue weighted by Gasteiger charge is -2.39. The first-order valence-electron chi connectivity index (χ1n) is 4.63. The Hall–Kier alpha value is -0.220. The SMILES string of the molecule is CCNC1(C(F)F)CCOC1(C)C. The topological polar surface area (TPSA) is 21.3 Å². The number of hydrogen-bond acceptors (Lipinski definition) is 2. The maximum absolute atomic E-state index is 12.9. The average molecular weight is 193 g/mol. The molecule has 0 bridgehead atoms. The van der Waals surface area contributed by atoms with E-state index in [0.717, 1.165) is 0 Å². The summed E-state index contributed by atoms with van der Waals surface area (Å²) in [7, 11) is 0. The summed E-state index contributed by atoms with van der Waals surface area (Å²) in [6, 6.07) is 0. The van der Waals surface area contributed by atoms with Gasteiger partial charge in [0, 0.05) is 6.61 Å². The minimum atomic E-state index is -2.38. The number of ether oxygens (including phenoxy) is 1. The second kappa shape index (κ2) is 3.50. The molecular weight excluding hydrogens is 176 g/mol. The van der Waals surface area contributed by atoms with Crippen LogP contribution in [0, 0.1) is 0 Å². The van der Waals surface area contributed by atoms with Crippen LogP contribution < -0.4 is 5.32 Å². The third-order valence-electron chi connectivity index (χ3n) is 2.90. The van der Waals surface area contributed by atoms with Crippen molar-refractivity contribution >= 4 is 0 Å². The van der Waals surface area contributed by atoms with E-state index in [1.807, 2.05) is 6.92 Å². The van der Waals surface area contributed by atoms with Crippen molar-refractivity contribution in [3.63, 3.8) is 0 Å². The number of hydrogen-bond donors (Lipinski definition) is 1. The second-order valence-corrected chi connectivity index (χ2v) is 3.91. The maximum atomic E-state index is 12.9. The number of likely N-dealkylation sites (N-methyl/N-ethyl adjacent to an activating group) is 1. The predicted molar refractivity (Wildman–Crippen MR) is 47.1 cm³/mol. The van der Waals surface area contributed by atoms with Crippen molar-refractivity contribution in [2.24, 2.45) is 0 Å². The first-order valence-corrected chi connectivity index (χ1v) is 4.63. The molecule has 0 aromatic carbocycles. The van der Waals surface area contributed by atoms with Gasteiger partial charge in [0.2, 0.25) is 0 Å². The van der Waals surface area contributed by atoms with Crippen molar-refractivity contribution in [3.05, 3.63) is 0 Å². The molecule has 0 aromatic rings.